The van der Waals surface area contributed by atoms with Gasteiger partial charge in [-0.2, -0.15) is 0 Å². The molecule has 0 aliphatic heterocycles. The molecule has 100 valence electrons. The van der Waals surface area contributed by atoms with Crippen molar-refractivity contribution in [2.24, 2.45) is 0 Å². The second-order valence-corrected chi connectivity index (χ2v) is 6.75. The van der Waals surface area contributed by atoms with Gasteiger partial charge in [-0.15, -0.1) is 11.3 Å². The molecule has 0 unspecified atom stereocenters. The van der Waals surface area contributed by atoms with Crippen molar-refractivity contribution in [1.82, 2.24) is 0 Å². The third-order valence-corrected chi connectivity index (χ3v) is 5.19. The maximum absolute atomic E-state index is 12.0. The van der Waals surface area contributed by atoms with Crippen molar-refractivity contribution in [1.29, 1.82) is 0 Å². The first-order valence-electron chi connectivity index (χ1n) is 4.90. The van der Waals surface area contributed by atoms with Gasteiger partial charge in [0, 0.05) is 16.8 Å². The zero-order chi connectivity index (χ0) is 14.0. The van der Waals surface area contributed by atoms with Gasteiger partial charge in [-0.25, -0.2) is 8.42 Å². The molecule has 0 saturated carbocycles. The summed E-state index contributed by atoms with van der Waals surface area (Å²) >= 11 is 6.48. The second-order valence-electron chi connectivity index (χ2n) is 3.49. The molecule has 0 radical (unpaired) electrons. The second kappa shape index (κ2) is 5.16. The summed E-state index contributed by atoms with van der Waals surface area (Å²) in [5.41, 5.74) is 0.0851. The summed E-state index contributed by atoms with van der Waals surface area (Å²) in [7, 11) is -3.82. The maximum Gasteiger partial charge on any atom is 0.281 e. The van der Waals surface area contributed by atoms with Crippen LogP contribution in [0.25, 0.3) is 0 Å². The highest BCUT2D eigenvalue weighted by atomic mass is 35.5. The molecule has 2 aromatic rings. The van der Waals surface area contributed by atoms with E-state index >= 15 is 0 Å². The number of rotatable bonds is 4. The van der Waals surface area contributed by atoms with Crippen LogP contribution < -0.4 is 4.72 Å². The summed E-state index contributed by atoms with van der Waals surface area (Å²) < 4.78 is 26.1. The summed E-state index contributed by atoms with van der Waals surface area (Å²) in [6.07, 6.45) is 0. The van der Waals surface area contributed by atoms with Crippen molar-refractivity contribution in [3.05, 3.63) is 50.8 Å². The lowest BCUT2D eigenvalue weighted by atomic mass is 10.3. The normalized spacial score (nSPS) is 11.2. The Balaban J connectivity index is 2.26. The van der Waals surface area contributed by atoms with E-state index in [1.807, 2.05) is 0 Å². The third-order valence-electron chi connectivity index (χ3n) is 2.13. The van der Waals surface area contributed by atoms with Gasteiger partial charge >= 0.3 is 0 Å². The average Bonchev–Trinajstić information content (AvgIpc) is 2.82. The largest absolute Gasteiger partial charge is 0.281 e. The molecule has 0 saturated heterocycles. The van der Waals surface area contributed by atoms with Gasteiger partial charge in [0.1, 0.15) is 4.21 Å². The minimum Gasteiger partial charge on any atom is -0.279 e. The molecule has 0 bridgehead atoms. The number of nitrogens with one attached hydrogen (secondary N) is 1. The summed E-state index contributed by atoms with van der Waals surface area (Å²) in [5, 5.41) is 12.2. The SMILES string of the molecule is O=[N+]([O-])c1csc(S(=O)(=O)Nc2ccc(Cl)cc2)c1. The highest BCUT2D eigenvalue weighted by Crippen LogP contribution is 2.27. The van der Waals surface area contributed by atoms with Gasteiger partial charge in [0.05, 0.1) is 10.3 Å². The van der Waals surface area contributed by atoms with Gasteiger partial charge in [-0.3, -0.25) is 14.8 Å². The smallest absolute Gasteiger partial charge is 0.279 e. The standard InChI is InChI=1S/C10H7ClN2O4S2/c11-7-1-3-8(4-2-7)12-19(16,17)10-5-9(6-18-10)13(14)15/h1-6,12H. The minimum atomic E-state index is -3.82. The zero-order valence-electron chi connectivity index (χ0n) is 9.24. The Morgan fingerprint density at radius 3 is 2.42 bits per heavy atom. The molecular weight excluding hydrogens is 312 g/mol. The number of halogens is 1. The van der Waals surface area contributed by atoms with Crippen LogP contribution in [-0.2, 0) is 10.0 Å². The lowest BCUT2D eigenvalue weighted by Gasteiger charge is -2.05. The molecule has 9 heteroatoms. The number of hydrogen-bond donors (Lipinski definition) is 1. The molecule has 19 heavy (non-hydrogen) atoms. The summed E-state index contributed by atoms with van der Waals surface area (Å²) in [5.74, 6) is 0. The van der Waals surface area contributed by atoms with Crippen molar-refractivity contribution in [2.75, 3.05) is 4.72 Å². The highest BCUT2D eigenvalue weighted by molar-refractivity contribution is 7.94. The predicted molar refractivity (Wildman–Crippen MR) is 73.2 cm³/mol. The Kier molecular flexibility index (Phi) is 3.74. The van der Waals surface area contributed by atoms with E-state index in [4.69, 9.17) is 11.6 Å². The summed E-state index contributed by atoms with van der Waals surface area (Å²) in [6.45, 7) is 0. The molecule has 0 spiro atoms. The first-order chi connectivity index (χ1) is 8.88. The molecule has 1 aromatic heterocycles. The monoisotopic (exact) mass is 318 g/mol. The van der Waals surface area contributed by atoms with Gasteiger partial charge in [-0.05, 0) is 24.3 Å². The van der Waals surface area contributed by atoms with Crippen LogP contribution in [0.1, 0.15) is 0 Å². The molecule has 0 fully saturated rings. The predicted octanol–water partition coefficient (Wildman–Crippen LogP) is 3.11. The van der Waals surface area contributed by atoms with Crippen LogP contribution in [0.3, 0.4) is 0 Å². The highest BCUT2D eigenvalue weighted by Gasteiger charge is 2.20. The number of nitro groups is 1. The molecule has 6 nitrogen and oxygen atoms in total. The van der Waals surface area contributed by atoms with Crippen LogP contribution in [0.4, 0.5) is 11.4 Å². The van der Waals surface area contributed by atoms with E-state index in [1.165, 1.54) is 29.6 Å². The fraction of sp³-hybridized carbons (Fsp3) is 0. The lowest BCUT2D eigenvalue weighted by molar-refractivity contribution is -0.384. The van der Waals surface area contributed by atoms with Crippen LogP contribution in [-0.4, -0.2) is 13.3 Å². The van der Waals surface area contributed by atoms with Crippen LogP contribution in [0, 0.1) is 10.1 Å². The van der Waals surface area contributed by atoms with Gasteiger partial charge in [0.15, 0.2) is 0 Å². The van der Waals surface area contributed by atoms with Crippen LogP contribution in [0.15, 0.2) is 39.9 Å². The van der Waals surface area contributed by atoms with Crippen molar-refractivity contribution < 1.29 is 13.3 Å². The molecule has 0 atom stereocenters. The quantitative estimate of drug-likeness (QED) is 0.692. The average molecular weight is 319 g/mol. The Hall–Kier alpha value is -1.64. The number of anilines is 1. The van der Waals surface area contributed by atoms with Crippen molar-refractivity contribution >= 4 is 44.3 Å². The van der Waals surface area contributed by atoms with E-state index in [0.717, 1.165) is 17.4 Å². The van der Waals surface area contributed by atoms with E-state index in [9.17, 15) is 18.5 Å². The van der Waals surface area contributed by atoms with E-state index in [1.54, 1.807) is 0 Å². The van der Waals surface area contributed by atoms with E-state index in [-0.39, 0.29) is 9.90 Å². The first kappa shape index (κ1) is 13.8. The molecule has 1 aromatic carbocycles. The number of sulfonamides is 1. The Labute approximate surface area is 117 Å². The molecule has 0 aliphatic carbocycles. The van der Waals surface area contributed by atoms with E-state index in [0.29, 0.717) is 10.7 Å². The van der Waals surface area contributed by atoms with Crippen molar-refractivity contribution in [3.8, 4) is 0 Å². The van der Waals surface area contributed by atoms with Gasteiger partial charge < -0.3 is 0 Å². The summed E-state index contributed by atoms with van der Waals surface area (Å²) in [6, 6.07) is 7.10. The van der Waals surface area contributed by atoms with E-state index < -0.39 is 14.9 Å². The lowest BCUT2D eigenvalue weighted by Crippen LogP contribution is -2.11. The number of nitrogens with zero attached hydrogens (tertiary/aromatic N) is 1. The fourth-order valence-corrected chi connectivity index (χ4v) is 3.57. The molecule has 2 rings (SSSR count). The molecule has 0 aliphatic rings. The van der Waals surface area contributed by atoms with Crippen LogP contribution in [0.2, 0.25) is 5.02 Å². The Morgan fingerprint density at radius 2 is 1.89 bits per heavy atom. The van der Waals surface area contributed by atoms with Gasteiger partial charge in [0.25, 0.3) is 15.7 Å². The van der Waals surface area contributed by atoms with Crippen LogP contribution in [0.5, 0.6) is 0 Å². The molecule has 1 N–H and O–H groups in total. The minimum absolute atomic E-state index is 0.117. The maximum atomic E-state index is 12.0. The van der Waals surface area contributed by atoms with Crippen molar-refractivity contribution in [3.63, 3.8) is 0 Å². The number of thiophene rings is 1. The third kappa shape index (κ3) is 3.22. The summed E-state index contributed by atoms with van der Waals surface area (Å²) in [4.78, 5) is 9.88. The molecule has 1 heterocycles. The van der Waals surface area contributed by atoms with Gasteiger partial charge in [0.2, 0.25) is 0 Å². The first-order valence-corrected chi connectivity index (χ1v) is 7.64. The molecular formula is C10H7ClN2O4S2. The van der Waals surface area contributed by atoms with Gasteiger partial charge in [-0.1, -0.05) is 11.6 Å². The topological polar surface area (TPSA) is 89.3 Å². The number of benzene rings is 1. The van der Waals surface area contributed by atoms with Crippen molar-refractivity contribution in [2.45, 2.75) is 4.21 Å². The zero-order valence-corrected chi connectivity index (χ0v) is 11.6. The Bertz CT molecular complexity index is 709. The Morgan fingerprint density at radius 1 is 1.26 bits per heavy atom. The van der Waals surface area contributed by atoms with E-state index in [2.05, 4.69) is 4.72 Å². The molecule has 0 amide bonds. The number of hydrogen-bond acceptors (Lipinski definition) is 5. The van der Waals surface area contributed by atoms with Crippen LogP contribution >= 0.6 is 22.9 Å². The fourth-order valence-electron chi connectivity index (χ4n) is 1.27.